The first-order valence-corrected chi connectivity index (χ1v) is 19.8. The fourth-order valence-electron chi connectivity index (χ4n) is 7.27. The quantitative estimate of drug-likeness (QED) is 0.186. The Bertz CT molecular complexity index is 2210. The predicted molar refractivity (Wildman–Crippen MR) is 197 cm³/mol. The van der Waals surface area contributed by atoms with Crippen LogP contribution in [0.15, 0.2) is 70.6 Å². The second-order valence-electron chi connectivity index (χ2n) is 14.8. The van der Waals surface area contributed by atoms with Gasteiger partial charge in [0.2, 0.25) is 0 Å². The zero-order valence-electron chi connectivity index (χ0n) is 29.8. The van der Waals surface area contributed by atoms with E-state index < -0.39 is 32.3 Å². The third-order valence-electron chi connectivity index (χ3n) is 10.0. The highest BCUT2D eigenvalue weighted by Gasteiger charge is 2.36. The molecule has 0 unspecified atom stereocenters. The van der Waals surface area contributed by atoms with Crippen molar-refractivity contribution in [2.75, 3.05) is 18.6 Å². The van der Waals surface area contributed by atoms with Crippen LogP contribution in [-0.2, 0) is 44.7 Å². The number of nitrogens with one attached hydrogen (secondary N) is 1. The van der Waals surface area contributed by atoms with Gasteiger partial charge in [-0.1, -0.05) is 63.2 Å². The number of H-pyrrole nitrogens is 1. The Balaban J connectivity index is 1.49. The zero-order valence-corrected chi connectivity index (χ0v) is 31.5. The Morgan fingerprint density at radius 1 is 1.08 bits per heavy atom. The summed E-state index contributed by atoms with van der Waals surface area (Å²) in [6.07, 6.45) is 4.20. The van der Waals surface area contributed by atoms with E-state index in [1.165, 1.54) is 19.2 Å². The number of benzene rings is 3. The molecular weight excluding hydrogens is 691 g/mol. The molecule has 1 aliphatic heterocycles. The van der Waals surface area contributed by atoms with Crippen molar-refractivity contribution in [3.05, 3.63) is 94.9 Å². The Morgan fingerprint density at radius 3 is 2.63 bits per heavy atom. The number of hydrogen-bond donors (Lipinski definition) is 1. The first-order chi connectivity index (χ1) is 24.1. The highest BCUT2D eigenvalue weighted by atomic mass is 32.2. The van der Waals surface area contributed by atoms with Gasteiger partial charge in [-0.05, 0) is 85.0 Å². The number of nitrogens with zero attached hydrogens (tertiary/aromatic N) is 3. The van der Waals surface area contributed by atoms with Crippen molar-refractivity contribution in [3.63, 3.8) is 0 Å². The first kappa shape index (κ1) is 36.8. The van der Waals surface area contributed by atoms with E-state index in [1.54, 1.807) is 30.1 Å². The van der Waals surface area contributed by atoms with Crippen LogP contribution in [0.1, 0.15) is 69.5 Å². The number of halogens is 2. The van der Waals surface area contributed by atoms with Crippen molar-refractivity contribution in [1.29, 1.82) is 0 Å². The molecule has 0 fully saturated rings. The number of esters is 1. The van der Waals surface area contributed by atoms with Crippen LogP contribution < -0.4 is 0 Å². The standard InChI is InChI=1S/C39H44F2N4O4S2/c1-24(36(46)49-6)19-25-9-7-10-26(20-25)39(4)16-8-15-38(2,3)23-51(47,48)18-14-29-28-13-17-42-33(28)22-32(41)34(29)50-27-11-12-31(40)30(21-27)35-43-37(39)44-45(35)5/h7,9-13,17,20-22,24,42H,8,14-16,18-19,23H2,1-6H3/t24-,39+/m0/s1. The maximum atomic E-state index is 15.8. The van der Waals surface area contributed by atoms with Crippen LogP contribution in [-0.4, -0.2) is 52.8 Å². The number of carbonyl (C=O) groups is 1. The summed E-state index contributed by atoms with van der Waals surface area (Å²) in [6.45, 7) is 7.82. The summed E-state index contributed by atoms with van der Waals surface area (Å²) < 4.78 is 65.4. The molecule has 2 aromatic heterocycles. The van der Waals surface area contributed by atoms with Crippen molar-refractivity contribution in [1.82, 2.24) is 19.7 Å². The fourth-order valence-corrected chi connectivity index (χ4v) is 10.3. The Morgan fingerprint density at radius 2 is 1.86 bits per heavy atom. The van der Waals surface area contributed by atoms with Crippen LogP contribution in [0.4, 0.5) is 8.78 Å². The Hall–Kier alpha value is -4.03. The van der Waals surface area contributed by atoms with E-state index in [-0.39, 0.29) is 35.4 Å². The number of fused-ring (bicyclic) bond motifs is 8. The molecule has 270 valence electrons. The largest absolute Gasteiger partial charge is 0.469 e. The maximum absolute atomic E-state index is 15.8. The normalized spacial score (nSPS) is 19.8. The van der Waals surface area contributed by atoms with Gasteiger partial charge in [-0.25, -0.2) is 26.9 Å². The second-order valence-corrected chi connectivity index (χ2v) is 18.0. The lowest BCUT2D eigenvalue weighted by Gasteiger charge is -2.31. The summed E-state index contributed by atoms with van der Waals surface area (Å²) in [7, 11) is -0.431. The lowest BCUT2D eigenvalue weighted by molar-refractivity contribution is -0.144. The molecule has 8 nitrogen and oxygen atoms in total. The lowest BCUT2D eigenvalue weighted by Crippen LogP contribution is -2.29. The third-order valence-corrected chi connectivity index (χ3v) is 13.2. The van der Waals surface area contributed by atoms with E-state index in [2.05, 4.69) is 18.0 Å². The lowest BCUT2D eigenvalue weighted by atomic mass is 9.75. The van der Waals surface area contributed by atoms with Gasteiger partial charge in [-0.15, -0.1) is 0 Å². The summed E-state index contributed by atoms with van der Waals surface area (Å²) >= 11 is 1.14. The number of aromatic amines is 1. The van der Waals surface area contributed by atoms with Crippen molar-refractivity contribution in [2.24, 2.45) is 18.4 Å². The number of methoxy groups -OCH3 is 1. The van der Waals surface area contributed by atoms with Crippen molar-refractivity contribution < 1.29 is 26.7 Å². The number of ether oxygens (including phenoxy) is 1. The fraction of sp³-hybridized carbons (Fsp3) is 0.410. The molecule has 5 aromatic rings. The summed E-state index contributed by atoms with van der Waals surface area (Å²) in [5.41, 5.74) is 2.01. The second kappa shape index (κ2) is 14.2. The van der Waals surface area contributed by atoms with Crippen LogP contribution in [0, 0.1) is 23.0 Å². The van der Waals surface area contributed by atoms with Crippen LogP contribution >= 0.6 is 11.8 Å². The SMILES string of the molecule is COC(=O)[C@@H](C)Cc1cccc([C@@]2(C)CCCC(C)(C)CS(=O)(=O)CCc3c(c(F)cc4[nH]ccc34)Sc3ccc(F)c(c3)-c3nc2nn3C)c1. The van der Waals surface area contributed by atoms with Crippen LogP contribution in [0.5, 0.6) is 0 Å². The molecule has 1 N–H and O–H groups in total. The molecule has 0 saturated carbocycles. The molecule has 0 amide bonds. The number of aryl methyl sites for hydroxylation is 2. The van der Waals surface area contributed by atoms with E-state index in [0.29, 0.717) is 58.2 Å². The number of rotatable bonds is 4. The summed E-state index contributed by atoms with van der Waals surface area (Å²) in [6, 6.07) is 15.8. The molecule has 0 saturated heterocycles. The van der Waals surface area contributed by atoms with Gasteiger partial charge in [0.05, 0.1) is 40.4 Å². The summed E-state index contributed by atoms with van der Waals surface area (Å²) in [5.74, 6) is -0.923. The maximum Gasteiger partial charge on any atom is 0.308 e. The van der Waals surface area contributed by atoms with E-state index >= 15 is 8.78 Å². The van der Waals surface area contributed by atoms with Crippen molar-refractivity contribution >= 4 is 38.5 Å². The molecule has 0 spiro atoms. The summed E-state index contributed by atoms with van der Waals surface area (Å²) in [5, 5.41) is 5.62. The Kier molecular flexibility index (Phi) is 10.2. The average Bonchev–Trinajstić information content (AvgIpc) is 3.70. The molecule has 3 aromatic carbocycles. The molecule has 1 aliphatic rings. The molecule has 2 atom stereocenters. The van der Waals surface area contributed by atoms with E-state index in [4.69, 9.17) is 14.8 Å². The smallest absolute Gasteiger partial charge is 0.308 e. The van der Waals surface area contributed by atoms with E-state index in [9.17, 15) is 13.2 Å². The molecule has 51 heavy (non-hydrogen) atoms. The van der Waals surface area contributed by atoms with Gasteiger partial charge in [0.25, 0.3) is 0 Å². The Labute approximate surface area is 302 Å². The minimum Gasteiger partial charge on any atom is -0.469 e. The van der Waals surface area contributed by atoms with Crippen molar-refractivity contribution in [2.45, 2.75) is 75.0 Å². The molecule has 0 aliphatic carbocycles. The molecule has 6 rings (SSSR count). The van der Waals surface area contributed by atoms with Gasteiger partial charge >= 0.3 is 5.97 Å². The summed E-state index contributed by atoms with van der Waals surface area (Å²) in [4.78, 5) is 21.1. The van der Waals surface area contributed by atoms with Gasteiger partial charge in [0, 0.05) is 29.0 Å². The third kappa shape index (κ3) is 7.77. The molecule has 12 heteroatoms. The minimum absolute atomic E-state index is 0.0149. The van der Waals surface area contributed by atoms with Gasteiger partial charge in [-0.2, -0.15) is 5.10 Å². The highest BCUT2D eigenvalue weighted by molar-refractivity contribution is 7.99. The van der Waals surface area contributed by atoms with Gasteiger partial charge in [0.15, 0.2) is 21.5 Å². The topological polar surface area (TPSA) is 107 Å². The van der Waals surface area contributed by atoms with Crippen LogP contribution in [0.2, 0.25) is 0 Å². The van der Waals surface area contributed by atoms with Gasteiger partial charge < -0.3 is 9.72 Å². The van der Waals surface area contributed by atoms with E-state index in [1.807, 2.05) is 45.0 Å². The van der Waals surface area contributed by atoms with Crippen LogP contribution in [0.3, 0.4) is 0 Å². The number of hydrogen-bond acceptors (Lipinski definition) is 7. The predicted octanol–water partition coefficient (Wildman–Crippen LogP) is 8.22. The molecule has 4 bridgehead atoms. The molecule has 3 heterocycles. The zero-order chi connectivity index (χ0) is 36.7. The monoisotopic (exact) mass is 734 g/mol. The molecule has 0 radical (unpaired) electrons. The van der Waals surface area contributed by atoms with E-state index in [0.717, 1.165) is 28.3 Å². The minimum atomic E-state index is -3.54. The number of aromatic nitrogens is 4. The van der Waals surface area contributed by atoms with Gasteiger partial charge in [0.1, 0.15) is 11.6 Å². The average molecular weight is 735 g/mol. The van der Waals surface area contributed by atoms with Crippen LogP contribution in [0.25, 0.3) is 22.3 Å². The number of carbonyl (C=O) groups excluding carboxylic acids is 1. The van der Waals surface area contributed by atoms with Crippen molar-refractivity contribution in [3.8, 4) is 11.4 Å². The molecular formula is C39H44F2N4O4S2. The first-order valence-electron chi connectivity index (χ1n) is 17.1. The van der Waals surface area contributed by atoms with Gasteiger partial charge in [-0.3, -0.25) is 4.79 Å². The number of sulfone groups is 1. The highest BCUT2D eigenvalue weighted by Crippen LogP contribution is 2.42.